The van der Waals surface area contributed by atoms with Gasteiger partial charge in [-0.15, -0.1) is 0 Å². The van der Waals surface area contributed by atoms with E-state index in [0.29, 0.717) is 61.1 Å². The van der Waals surface area contributed by atoms with Crippen LogP contribution in [-0.2, 0) is 17.9 Å². The van der Waals surface area contributed by atoms with Crippen LogP contribution in [0.3, 0.4) is 0 Å². The minimum absolute atomic E-state index is 0.257. The Morgan fingerprint density at radius 1 is 0.792 bits per heavy atom. The number of rotatable bonds is 10. The lowest BCUT2D eigenvalue weighted by Gasteiger charge is -2.16. The largest absolute Gasteiger partial charge is 0.481 e. The first-order chi connectivity index (χ1) is 23.1. The smallest absolute Gasteiger partial charge is 0.307 e. The fourth-order valence-electron chi connectivity index (χ4n) is 6.23. The molecule has 0 saturated carbocycles. The number of aliphatic carboxylic acids is 1. The van der Waals surface area contributed by atoms with Gasteiger partial charge in [-0.3, -0.25) is 34.2 Å². The molecule has 4 heterocycles. The third-order valence-corrected chi connectivity index (χ3v) is 9.32. The van der Waals surface area contributed by atoms with E-state index in [1.807, 2.05) is 37.3 Å². The van der Waals surface area contributed by atoms with Gasteiger partial charge in [0.15, 0.2) is 0 Å². The summed E-state index contributed by atoms with van der Waals surface area (Å²) >= 11 is 6.84. The summed E-state index contributed by atoms with van der Waals surface area (Å²) in [4.78, 5) is 50.4. The summed E-state index contributed by atoms with van der Waals surface area (Å²) in [6.07, 6.45) is 4.43. The Kier molecular flexibility index (Phi) is 10.1. The molecule has 248 valence electrons. The zero-order chi connectivity index (χ0) is 33.8. The van der Waals surface area contributed by atoms with Crippen LogP contribution in [0.25, 0.3) is 11.1 Å². The number of nitrogens with one attached hydrogen (secondary N) is 2. The molecule has 0 aliphatic carbocycles. The number of aromatic nitrogens is 2. The molecule has 12 heteroatoms. The van der Waals surface area contributed by atoms with E-state index in [2.05, 4.69) is 30.4 Å². The molecule has 48 heavy (non-hydrogen) atoms. The van der Waals surface area contributed by atoms with E-state index in [4.69, 9.17) is 11.6 Å². The van der Waals surface area contributed by atoms with E-state index in [-0.39, 0.29) is 29.3 Å². The van der Waals surface area contributed by atoms with Crippen molar-refractivity contribution < 1.29 is 24.6 Å². The Bertz CT molecular complexity index is 1820. The summed E-state index contributed by atoms with van der Waals surface area (Å²) in [7, 11) is 0. The molecule has 0 unspecified atom stereocenters. The fourth-order valence-corrected chi connectivity index (χ4v) is 6.50. The number of likely N-dealkylation sites (tertiary alicyclic amines) is 2. The molecule has 4 N–H and O–H groups in total. The number of β-amino-alcohol motifs (C(OH)–C–C–N with tert-alkyl or cyclic N) is 1. The Labute approximate surface area is 283 Å². The highest BCUT2D eigenvalue weighted by atomic mass is 35.5. The summed E-state index contributed by atoms with van der Waals surface area (Å²) in [5.74, 6) is -1.87. The lowest BCUT2D eigenvalue weighted by Crippen LogP contribution is -2.23. The number of aliphatic hydroxyl groups excluding tert-OH is 1. The molecule has 2 fully saturated rings. The molecule has 2 aromatic heterocycles. The van der Waals surface area contributed by atoms with Gasteiger partial charge in [0.05, 0.1) is 22.7 Å². The van der Waals surface area contributed by atoms with Crippen LogP contribution in [0.1, 0.15) is 50.5 Å². The standard InChI is InChI=1S/C36H37ClN6O5/c1-22-27(4-2-6-29(22)40-34(45)31-10-8-23(16-38-31)18-42-14-12-25(20-42)36(47)48)28-5-3-7-30(33(28)37)41-35(46)32-11-9-24(17-39-32)19-43-15-13-26(44)21-43/h2-11,16-17,25-26,44H,12-15,18-21H2,1H3,(H,40,45)(H,41,46)(H,47,48)/t25-,26+/m0/s1. The number of amides is 2. The summed E-state index contributed by atoms with van der Waals surface area (Å²) in [5, 5.41) is 25.2. The molecule has 2 aromatic carbocycles. The van der Waals surface area contributed by atoms with Crippen LogP contribution in [-0.4, -0.2) is 80.0 Å². The molecule has 11 nitrogen and oxygen atoms in total. The van der Waals surface area contributed by atoms with Crippen LogP contribution in [0.5, 0.6) is 0 Å². The third-order valence-electron chi connectivity index (χ3n) is 8.92. The van der Waals surface area contributed by atoms with Crippen LogP contribution in [0, 0.1) is 12.8 Å². The van der Waals surface area contributed by atoms with Gasteiger partial charge in [0.25, 0.3) is 11.8 Å². The van der Waals surface area contributed by atoms with Crippen molar-refractivity contribution in [2.24, 2.45) is 5.92 Å². The maximum absolute atomic E-state index is 13.1. The molecular formula is C36H37ClN6O5. The molecule has 2 atom stereocenters. The molecule has 2 saturated heterocycles. The van der Waals surface area contributed by atoms with E-state index >= 15 is 0 Å². The van der Waals surface area contributed by atoms with Gasteiger partial charge in [-0.2, -0.15) is 0 Å². The van der Waals surface area contributed by atoms with Crippen molar-refractivity contribution in [3.05, 3.63) is 106 Å². The van der Waals surface area contributed by atoms with Crippen molar-refractivity contribution in [1.82, 2.24) is 19.8 Å². The highest BCUT2D eigenvalue weighted by Gasteiger charge is 2.28. The average molecular weight is 669 g/mol. The minimum atomic E-state index is -0.768. The normalized spacial score (nSPS) is 18.1. The van der Waals surface area contributed by atoms with Gasteiger partial charge in [-0.1, -0.05) is 48.0 Å². The number of anilines is 2. The van der Waals surface area contributed by atoms with E-state index in [0.717, 1.165) is 35.2 Å². The second-order valence-corrected chi connectivity index (χ2v) is 12.8. The van der Waals surface area contributed by atoms with E-state index < -0.39 is 11.9 Å². The fraction of sp³-hybridized carbons (Fsp3) is 0.306. The molecule has 0 bridgehead atoms. The van der Waals surface area contributed by atoms with E-state index in [9.17, 15) is 24.6 Å². The topological polar surface area (TPSA) is 148 Å². The van der Waals surface area contributed by atoms with Crippen molar-refractivity contribution in [2.45, 2.75) is 39.0 Å². The third kappa shape index (κ3) is 7.71. The van der Waals surface area contributed by atoms with Gasteiger partial charge >= 0.3 is 5.97 Å². The molecule has 2 aliphatic rings. The number of carbonyl (C=O) groups excluding carboxylic acids is 2. The molecule has 6 rings (SSSR count). The highest BCUT2D eigenvalue weighted by Crippen LogP contribution is 2.37. The molecule has 0 radical (unpaired) electrons. The monoisotopic (exact) mass is 668 g/mol. The Hall–Kier alpha value is -4.68. The lowest BCUT2D eigenvalue weighted by atomic mass is 9.98. The van der Waals surface area contributed by atoms with Gasteiger partial charge in [0.1, 0.15) is 11.4 Å². The Morgan fingerprint density at radius 3 is 1.90 bits per heavy atom. The predicted octanol–water partition coefficient (Wildman–Crippen LogP) is 5.08. The molecule has 4 aromatic rings. The Morgan fingerprint density at radius 2 is 1.35 bits per heavy atom. The van der Waals surface area contributed by atoms with Gasteiger partial charge in [-0.25, -0.2) is 0 Å². The number of aliphatic hydroxyl groups is 1. The first kappa shape index (κ1) is 33.2. The number of carbonyl (C=O) groups is 3. The number of halogens is 1. The zero-order valence-electron chi connectivity index (χ0n) is 26.5. The summed E-state index contributed by atoms with van der Waals surface area (Å²) in [6.45, 7) is 5.81. The Balaban J connectivity index is 1.10. The SMILES string of the molecule is Cc1c(NC(=O)c2ccc(CN3CC[C@H](C(=O)O)C3)cn2)cccc1-c1cccc(NC(=O)c2ccc(CN3CC[C@@H](O)C3)cn2)c1Cl. The van der Waals surface area contributed by atoms with Gasteiger partial charge < -0.3 is 20.8 Å². The number of nitrogens with zero attached hydrogens (tertiary/aromatic N) is 4. The van der Waals surface area contributed by atoms with Crippen LogP contribution >= 0.6 is 11.6 Å². The number of benzene rings is 2. The van der Waals surface area contributed by atoms with Crippen molar-refractivity contribution in [1.29, 1.82) is 0 Å². The number of hydrogen-bond acceptors (Lipinski definition) is 8. The zero-order valence-corrected chi connectivity index (χ0v) is 27.3. The first-order valence-corrected chi connectivity index (χ1v) is 16.3. The molecular weight excluding hydrogens is 632 g/mol. The molecule has 2 aliphatic heterocycles. The second kappa shape index (κ2) is 14.6. The van der Waals surface area contributed by atoms with Crippen molar-refractivity contribution in [2.75, 3.05) is 36.8 Å². The molecule has 0 spiro atoms. The van der Waals surface area contributed by atoms with Crippen molar-refractivity contribution in [3.63, 3.8) is 0 Å². The first-order valence-electron chi connectivity index (χ1n) is 15.9. The number of carboxylic acids is 1. The van der Waals surface area contributed by atoms with Gasteiger partial charge in [0.2, 0.25) is 0 Å². The summed E-state index contributed by atoms with van der Waals surface area (Å²) in [5.41, 5.74) is 5.68. The van der Waals surface area contributed by atoms with Crippen LogP contribution < -0.4 is 10.6 Å². The van der Waals surface area contributed by atoms with Crippen LogP contribution in [0.2, 0.25) is 5.02 Å². The highest BCUT2D eigenvalue weighted by molar-refractivity contribution is 6.36. The van der Waals surface area contributed by atoms with E-state index in [1.165, 1.54) is 0 Å². The maximum Gasteiger partial charge on any atom is 0.307 e. The minimum Gasteiger partial charge on any atom is -0.481 e. The second-order valence-electron chi connectivity index (χ2n) is 12.4. The van der Waals surface area contributed by atoms with Crippen molar-refractivity contribution in [3.8, 4) is 11.1 Å². The number of hydrogen-bond donors (Lipinski definition) is 4. The predicted molar refractivity (Wildman–Crippen MR) is 183 cm³/mol. The summed E-state index contributed by atoms with van der Waals surface area (Å²) < 4.78 is 0. The quantitative estimate of drug-likeness (QED) is 0.182. The van der Waals surface area contributed by atoms with Crippen LogP contribution in [0.4, 0.5) is 11.4 Å². The van der Waals surface area contributed by atoms with Gasteiger partial charge in [0, 0.05) is 56.4 Å². The summed E-state index contributed by atoms with van der Waals surface area (Å²) in [6, 6.07) is 18.0. The molecule has 2 amide bonds. The number of pyridine rings is 2. The van der Waals surface area contributed by atoms with E-state index in [1.54, 1.807) is 42.7 Å². The lowest BCUT2D eigenvalue weighted by molar-refractivity contribution is -0.141. The maximum atomic E-state index is 13.1. The van der Waals surface area contributed by atoms with Crippen molar-refractivity contribution >= 4 is 40.8 Å². The van der Waals surface area contributed by atoms with Gasteiger partial charge in [-0.05, 0) is 72.8 Å². The number of carboxylic acid groups (broad SMARTS) is 1. The average Bonchev–Trinajstić information content (AvgIpc) is 3.72. The van der Waals surface area contributed by atoms with Crippen LogP contribution in [0.15, 0.2) is 73.1 Å².